The van der Waals surface area contributed by atoms with Crippen LogP contribution in [0.15, 0.2) is 0 Å². The maximum absolute atomic E-state index is 12.0. The van der Waals surface area contributed by atoms with Gasteiger partial charge in [-0.05, 0) is 12.8 Å². The van der Waals surface area contributed by atoms with E-state index in [4.69, 9.17) is 16.3 Å². The Balaban J connectivity index is 1.95. The predicted molar refractivity (Wildman–Crippen MR) is 54.4 cm³/mol. The van der Waals surface area contributed by atoms with Crippen molar-refractivity contribution in [2.75, 3.05) is 25.6 Å². The summed E-state index contributed by atoms with van der Waals surface area (Å²) in [7, 11) is 0. The minimum Gasteiger partial charge on any atom is -0.377 e. The smallest absolute Gasteiger partial charge is 0.226 e. The highest BCUT2D eigenvalue weighted by molar-refractivity contribution is 6.18. The first-order valence-corrected chi connectivity index (χ1v) is 5.80. The molecule has 0 aromatic rings. The van der Waals surface area contributed by atoms with Crippen molar-refractivity contribution in [3.63, 3.8) is 0 Å². The lowest BCUT2D eigenvalue weighted by molar-refractivity contribution is -0.146. The number of hydrogen-bond donors (Lipinski definition) is 0. The molecule has 0 N–H and O–H groups in total. The Hall–Kier alpha value is -0.280. The molecule has 2 rings (SSSR count). The van der Waals surface area contributed by atoms with Crippen LogP contribution in [-0.4, -0.2) is 42.5 Å². The lowest BCUT2D eigenvalue weighted by Gasteiger charge is -2.38. The molecule has 1 aliphatic carbocycles. The lowest BCUT2D eigenvalue weighted by Crippen LogP contribution is -2.52. The SMILES string of the molecule is O=C(C1CCC1)N1CCOCC1CCl. The van der Waals surface area contributed by atoms with Crippen molar-refractivity contribution in [2.45, 2.75) is 25.3 Å². The first-order valence-electron chi connectivity index (χ1n) is 5.27. The normalized spacial score (nSPS) is 28.6. The van der Waals surface area contributed by atoms with Crippen molar-refractivity contribution < 1.29 is 9.53 Å². The number of carbonyl (C=O) groups is 1. The Morgan fingerprint density at radius 2 is 2.29 bits per heavy atom. The van der Waals surface area contributed by atoms with Crippen LogP contribution in [0, 0.1) is 5.92 Å². The first-order chi connectivity index (χ1) is 6.83. The van der Waals surface area contributed by atoms with Crippen LogP contribution >= 0.6 is 11.6 Å². The van der Waals surface area contributed by atoms with Crippen molar-refractivity contribution in [2.24, 2.45) is 5.92 Å². The molecular weight excluding hydrogens is 202 g/mol. The van der Waals surface area contributed by atoms with Gasteiger partial charge in [0.25, 0.3) is 0 Å². The van der Waals surface area contributed by atoms with E-state index in [1.54, 1.807) is 0 Å². The molecule has 14 heavy (non-hydrogen) atoms. The number of rotatable bonds is 2. The minimum atomic E-state index is 0.0958. The highest BCUT2D eigenvalue weighted by atomic mass is 35.5. The molecule has 4 heteroatoms. The number of alkyl halides is 1. The monoisotopic (exact) mass is 217 g/mol. The standard InChI is InChI=1S/C10H16ClNO2/c11-6-9-7-14-5-4-12(9)10(13)8-2-1-3-8/h8-9H,1-7H2. The molecule has 0 aromatic carbocycles. The van der Waals surface area contributed by atoms with E-state index >= 15 is 0 Å². The average molecular weight is 218 g/mol. The zero-order chi connectivity index (χ0) is 9.97. The quantitative estimate of drug-likeness (QED) is 0.652. The minimum absolute atomic E-state index is 0.0958. The molecule has 2 fully saturated rings. The summed E-state index contributed by atoms with van der Waals surface area (Å²) in [4.78, 5) is 13.9. The Kier molecular flexibility index (Phi) is 3.29. The van der Waals surface area contributed by atoms with E-state index in [1.165, 1.54) is 6.42 Å². The molecule has 0 bridgehead atoms. The van der Waals surface area contributed by atoms with Crippen molar-refractivity contribution in [3.05, 3.63) is 0 Å². The second-order valence-electron chi connectivity index (χ2n) is 4.04. The fraction of sp³-hybridized carbons (Fsp3) is 0.900. The van der Waals surface area contributed by atoms with Gasteiger partial charge >= 0.3 is 0 Å². The van der Waals surface area contributed by atoms with Gasteiger partial charge in [0, 0.05) is 18.3 Å². The predicted octanol–water partition coefficient (Wildman–Crippen LogP) is 1.25. The lowest BCUT2D eigenvalue weighted by atomic mass is 9.84. The van der Waals surface area contributed by atoms with Crippen LogP contribution in [0.3, 0.4) is 0 Å². The molecule has 1 heterocycles. The first kappa shape index (κ1) is 10.2. The van der Waals surface area contributed by atoms with Gasteiger partial charge in [-0.3, -0.25) is 4.79 Å². The fourth-order valence-electron chi connectivity index (χ4n) is 1.96. The van der Waals surface area contributed by atoms with Gasteiger partial charge in [0.15, 0.2) is 0 Å². The van der Waals surface area contributed by atoms with Crippen LogP contribution in [0.4, 0.5) is 0 Å². The molecule has 1 atom stereocenters. The molecule has 0 spiro atoms. The number of ether oxygens (including phenoxy) is 1. The third-order valence-corrected chi connectivity index (χ3v) is 3.50. The molecule has 3 nitrogen and oxygen atoms in total. The second-order valence-corrected chi connectivity index (χ2v) is 4.35. The van der Waals surface area contributed by atoms with Gasteiger partial charge in [-0.15, -0.1) is 11.6 Å². The number of hydrogen-bond acceptors (Lipinski definition) is 2. The summed E-state index contributed by atoms with van der Waals surface area (Å²) in [6, 6.07) is 0.0958. The Bertz CT molecular complexity index is 218. The van der Waals surface area contributed by atoms with Gasteiger partial charge in [0.05, 0.1) is 19.3 Å². The Labute approximate surface area is 89.4 Å². The summed E-state index contributed by atoms with van der Waals surface area (Å²) in [5.41, 5.74) is 0. The number of nitrogens with zero attached hydrogens (tertiary/aromatic N) is 1. The van der Waals surface area contributed by atoms with E-state index in [9.17, 15) is 4.79 Å². The summed E-state index contributed by atoms with van der Waals surface area (Å²) in [6.45, 7) is 1.97. The van der Waals surface area contributed by atoms with Gasteiger partial charge in [0.1, 0.15) is 0 Å². The van der Waals surface area contributed by atoms with E-state index in [0.29, 0.717) is 31.5 Å². The van der Waals surface area contributed by atoms with Gasteiger partial charge in [0.2, 0.25) is 5.91 Å². The maximum atomic E-state index is 12.0. The van der Waals surface area contributed by atoms with Crippen LogP contribution in [0.5, 0.6) is 0 Å². The Morgan fingerprint density at radius 1 is 1.50 bits per heavy atom. The number of morpholine rings is 1. The van der Waals surface area contributed by atoms with Gasteiger partial charge < -0.3 is 9.64 Å². The van der Waals surface area contributed by atoms with Gasteiger partial charge in [-0.1, -0.05) is 6.42 Å². The third kappa shape index (κ3) is 1.89. The molecule has 1 saturated heterocycles. The van der Waals surface area contributed by atoms with Crippen molar-refractivity contribution in [1.82, 2.24) is 4.90 Å². The third-order valence-electron chi connectivity index (χ3n) is 3.14. The van der Waals surface area contributed by atoms with Crippen LogP contribution in [-0.2, 0) is 9.53 Å². The molecule has 1 amide bonds. The summed E-state index contributed by atoms with van der Waals surface area (Å²) >= 11 is 5.81. The van der Waals surface area contributed by atoms with E-state index < -0.39 is 0 Å². The number of amides is 1. The summed E-state index contributed by atoms with van der Waals surface area (Å²) < 4.78 is 5.31. The largest absolute Gasteiger partial charge is 0.377 e. The van der Waals surface area contributed by atoms with Gasteiger partial charge in [-0.25, -0.2) is 0 Å². The summed E-state index contributed by atoms with van der Waals surface area (Å²) in [5, 5.41) is 0. The van der Waals surface area contributed by atoms with E-state index in [-0.39, 0.29) is 12.0 Å². The highest BCUT2D eigenvalue weighted by Gasteiger charge is 2.34. The molecule has 2 aliphatic rings. The second kappa shape index (κ2) is 4.49. The molecule has 1 aliphatic heterocycles. The van der Waals surface area contributed by atoms with Crippen LogP contribution in [0.1, 0.15) is 19.3 Å². The topological polar surface area (TPSA) is 29.5 Å². The van der Waals surface area contributed by atoms with Crippen LogP contribution in [0.25, 0.3) is 0 Å². The molecular formula is C10H16ClNO2. The molecule has 1 unspecified atom stereocenters. The molecule has 0 aromatic heterocycles. The van der Waals surface area contributed by atoms with E-state index in [0.717, 1.165) is 12.8 Å². The maximum Gasteiger partial charge on any atom is 0.226 e. The van der Waals surface area contributed by atoms with E-state index in [1.807, 2.05) is 4.90 Å². The molecule has 0 radical (unpaired) electrons. The zero-order valence-electron chi connectivity index (χ0n) is 8.25. The zero-order valence-corrected chi connectivity index (χ0v) is 9.00. The summed E-state index contributed by atoms with van der Waals surface area (Å²) in [5.74, 6) is 1.06. The Morgan fingerprint density at radius 3 is 2.86 bits per heavy atom. The van der Waals surface area contributed by atoms with Crippen molar-refractivity contribution in [3.8, 4) is 0 Å². The van der Waals surface area contributed by atoms with Crippen LogP contribution in [0.2, 0.25) is 0 Å². The molecule has 1 saturated carbocycles. The number of carbonyl (C=O) groups excluding carboxylic acids is 1. The average Bonchev–Trinajstić information content (AvgIpc) is 2.15. The number of halogens is 1. The summed E-state index contributed by atoms with van der Waals surface area (Å²) in [6.07, 6.45) is 3.32. The van der Waals surface area contributed by atoms with E-state index in [2.05, 4.69) is 0 Å². The highest BCUT2D eigenvalue weighted by Crippen LogP contribution is 2.29. The van der Waals surface area contributed by atoms with Crippen LogP contribution < -0.4 is 0 Å². The van der Waals surface area contributed by atoms with Crippen molar-refractivity contribution >= 4 is 17.5 Å². The fourth-order valence-corrected chi connectivity index (χ4v) is 2.22. The van der Waals surface area contributed by atoms with Gasteiger partial charge in [-0.2, -0.15) is 0 Å². The molecule has 80 valence electrons. The van der Waals surface area contributed by atoms with Crippen molar-refractivity contribution in [1.29, 1.82) is 0 Å².